The molecule has 0 bridgehead atoms. The Morgan fingerprint density at radius 2 is 1.86 bits per heavy atom. The van der Waals surface area contributed by atoms with E-state index in [0.717, 1.165) is 6.07 Å². The van der Waals surface area contributed by atoms with Crippen LogP contribution in [0.1, 0.15) is 24.4 Å². The quantitative estimate of drug-likeness (QED) is 0.268. The van der Waals surface area contributed by atoms with E-state index in [2.05, 4.69) is 10.2 Å². The highest BCUT2D eigenvalue weighted by Gasteiger charge is 2.33. The van der Waals surface area contributed by atoms with Crippen molar-refractivity contribution in [2.24, 2.45) is 0 Å². The van der Waals surface area contributed by atoms with Crippen LogP contribution < -0.4 is 25.1 Å². The fraction of sp³-hybridized carbons (Fsp3) is 0.448. The molecular formula is C29H31Cl2F3N4O6. The van der Waals surface area contributed by atoms with Gasteiger partial charge in [0, 0.05) is 55.4 Å². The minimum absolute atomic E-state index is 0.00902. The van der Waals surface area contributed by atoms with Gasteiger partial charge >= 0.3 is 12.7 Å². The van der Waals surface area contributed by atoms with Gasteiger partial charge in [-0.2, -0.15) is 8.78 Å². The molecule has 44 heavy (non-hydrogen) atoms. The number of alkyl halides is 2. The van der Waals surface area contributed by atoms with Gasteiger partial charge in [0.1, 0.15) is 5.69 Å². The Morgan fingerprint density at radius 1 is 1.11 bits per heavy atom. The number of aliphatic hydroxyl groups is 1. The first-order chi connectivity index (χ1) is 21.2. The zero-order chi connectivity index (χ0) is 31.4. The van der Waals surface area contributed by atoms with Gasteiger partial charge in [-0.05, 0) is 36.6 Å². The number of nitrogens with one attached hydrogen (secondary N) is 1. The number of hydrogen-bond donors (Lipinski definition) is 2. The summed E-state index contributed by atoms with van der Waals surface area (Å²) in [6, 6.07) is 5.54. The molecule has 2 aromatic carbocycles. The second kappa shape index (κ2) is 14.2. The van der Waals surface area contributed by atoms with Crippen molar-refractivity contribution in [3.05, 3.63) is 62.1 Å². The van der Waals surface area contributed by atoms with Crippen LogP contribution >= 0.6 is 23.2 Å². The molecule has 5 rings (SSSR count). The van der Waals surface area contributed by atoms with Crippen LogP contribution in [0.5, 0.6) is 11.5 Å². The molecule has 0 atom stereocenters. The SMILES string of the molecule is O=C(NCc1ccc(Cl)cc1Cl)Oc1cn(C2CC2)c2c(OC(F)F)c(N3CCN(CCOCCO)CC3)c(F)cc2c1=O. The summed E-state index contributed by atoms with van der Waals surface area (Å²) in [6.45, 7) is -0.500. The molecule has 238 valence electrons. The van der Waals surface area contributed by atoms with Crippen LogP contribution in [-0.2, 0) is 11.3 Å². The highest BCUT2D eigenvalue weighted by molar-refractivity contribution is 6.35. The molecule has 3 aromatic rings. The Hall–Kier alpha value is -3.23. The molecule has 1 aromatic heterocycles. The maximum atomic E-state index is 15.8. The summed E-state index contributed by atoms with van der Waals surface area (Å²) in [6.07, 6.45) is 1.67. The number of carbonyl (C=O) groups excluding carboxylic acids is 1. The number of halogens is 5. The molecule has 0 radical (unpaired) electrons. The number of carbonyl (C=O) groups is 1. The number of benzene rings is 2. The molecule has 2 N–H and O–H groups in total. The van der Waals surface area contributed by atoms with E-state index in [-0.39, 0.29) is 42.4 Å². The predicted molar refractivity (Wildman–Crippen MR) is 159 cm³/mol. The van der Waals surface area contributed by atoms with Gasteiger partial charge in [-0.3, -0.25) is 9.69 Å². The predicted octanol–water partition coefficient (Wildman–Crippen LogP) is 4.80. The molecule has 0 unspecified atom stereocenters. The third-order valence-corrected chi connectivity index (χ3v) is 8.02. The number of aromatic nitrogens is 1. The smallest absolute Gasteiger partial charge is 0.413 e. The van der Waals surface area contributed by atoms with Crippen LogP contribution in [-0.4, -0.2) is 79.8 Å². The van der Waals surface area contributed by atoms with Gasteiger partial charge in [0.25, 0.3) is 0 Å². The van der Waals surface area contributed by atoms with E-state index in [1.165, 1.54) is 12.3 Å². The topological polar surface area (TPSA) is 106 Å². The highest BCUT2D eigenvalue weighted by atomic mass is 35.5. The molecule has 1 saturated heterocycles. The van der Waals surface area contributed by atoms with Crippen molar-refractivity contribution in [1.82, 2.24) is 14.8 Å². The Bertz CT molecular complexity index is 1560. The molecule has 1 amide bonds. The van der Waals surface area contributed by atoms with E-state index in [1.54, 1.807) is 21.6 Å². The van der Waals surface area contributed by atoms with Crippen molar-refractivity contribution in [1.29, 1.82) is 0 Å². The number of nitrogens with zero attached hydrogens (tertiary/aromatic N) is 3. The molecular weight excluding hydrogens is 628 g/mol. The van der Waals surface area contributed by atoms with Crippen LogP contribution in [0.3, 0.4) is 0 Å². The summed E-state index contributed by atoms with van der Waals surface area (Å²) in [5.41, 5.74) is -0.446. The number of anilines is 1. The Kier molecular flexibility index (Phi) is 10.4. The normalized spacial score (nSPS) is 15.7. The Morgan fingerprint density at radius 3 is 2.52 bits per heavy atom. The summed E-state index contributed by atoms with van der Waals surface area (Å²) in [4.78, 5) is 29.8. The minimum atomic E-state index is -3.28. The van der Waals surface area contributed by atoms with Crippen LogP contribution in [0.25, 0.3) is 10.9 Å². The number of fused-ring (bicyclic) bond motifs is 1. The largest absolute Gasteiger partial charge is 0.430 e. The van der Waals surface area contributed by atoms with Gasteiger partial charge in [0.15, 0.2) is 17.3 Å². The minimum Gasteiger partial charge on any atom is -0.430 e. The monoisotopic (exact) mass is 658 g/mol. The second-order valence-electron chi connectivity index (χ2n) is 10.4. The van der Waals surface area contributed by atoms with Crippen LogP contribution in [0.15, 0.2) is 35.3 Å². The number of piperazine rings is 1. The zero-order valence-electron chi connectivity index (χ0n) is 23.5. The van der Waals surface area contributed by atoms with Gasteiger partial charge in [0.05, 0.1) is 36.9 Å². The zero-order valence-corrected chi connectivity index (χ0v) is 25.1. The number of amides is 1. The molecule has 0 spiro atoms. The lowest BCUT2D eigenvalue weighted by Gasteiger charge is -2.37. The standard InChI is InChI=1S/C29H31Cl2F3N4O6/c30-18-2-1-17(21(31)13-18)15-35-29(41)43-23-16-38(19-3-4-19)24-20(26(23)40)14-22(32)25(27(24)44-28(33)34)37-7-5-36(6-8-37)9-11-42-12-10-39/h1-2,13-14,16,19,28,39H,3-12,15H2,(H,35,41). The van der Waals surface area contributed by atoms with Gasteiger partial charge < -0.3 is 34.1 Å². The molecule has 1 aliphatic heterocycles. The van der Waals surface area contributed by atoms with E-state index in [4.69, 9.17) is 42.5 Å². The number of aliphatic hydroxyl groups excluding tert-OH is 1. The number of rotatable bonds is 12. The Labute approximate surface area is 260 Å². The van der Waals surface area contributed by atoms with Crippen molar-refractivity contribution < 1.29 is 37.3 Å². The van der Waals surface area contributed by atoms with Crippen molar-refractivity contribution in [3.63, 3.8) is 0 Å². The first-order valence-electron chi connectivity index (χ1n) is 14.1. The van der Waals surface area contributed by atoms with Crippen LogP contribution in [0, 0.1) is 5.82 Å². The van der Waals surface area contributed by atoms with Gasteiger partial charge in [-0.25, -0.2) is 9.18 Å². The van der Waals surface area contributed by atoms with E-state index in [0.29, 0.717) is 67.8 Å². The van der Waals surface area contributed by atoms with Crippen LogP contribution in [0.4, 0.5) is 23.7 Å². The molecule has 2 aliphatic rings. The Balaban J connectivity index is 1.43. The second-order valence-corrected chi connectivity index (χ2v) is 11.3. The lowest BCUT2D eigenvalue weighted by Crippen LogP contribution is -2.47. The van der Waals surface area contributed by atoms with Gasteiger partial charge in [-0.1, -0.05) is 29.3 Å². The van der Waals surface area contributed by atoms with Crippen molar-refractivity contribution >= 4 is 45.9 Å². The third-order valence-electron chi connectivity index (χ3n) is 7.43. The molecule has 2 fully saturated rings. The number of pyridine rings is 1. The maximum Gasteiger partial charge on any atom is 0.413 e. The van der Waals surface area contributed by atoms with Gasteiger partial charge in [-0.15, -0.1) is 0 Å². The molecule has 15 heteroatoms. The maximum absolute atomic E-state index is 15.8. The van der Waals surface area contributed by atoms with E-state index < -0.39 is 35.4 Å². The first kappa shape index (κ1) is 32.2. The number of hydrogen-bond acceptors (Lipinski definition) is 8. The summed E-state index contributed by atoms with van der Waals surface area (Å²) in [5, 5.41) is 11.9. The van der Waals surface area contributed by atoms with Gasteiger partial charge in [0.2, 0.25) is 5.43 Å². The summed E-state index contributed by atoms with van der Waals surface area (Å²) in [5.74, 6) is -1.74. The lowest BCUT2D eigenvalue weighted by molar-refractivity contribution is -0.0488. The van der Waals surface area contributed by atoms with E-state index in [1.807, 2.05) is 0 Å². The van der Waals surface area contributed by atoms with E-state index in [9.17, 15) is 18.4 Å². The van der Waals surface area contributed by atoms with Crippen molar-refractivity contribution in [3.8, 4) is 11.5 Å². The lowest BCUT2D eigenvalue weighted by atomic mass is 10.1. The molecule has 2 heterocycles. The average molecular weight is 659 g/mol. The summed E-state index contributed by atoms with van der Waals surface area (Å²) < 4.78 is 60.5. The van der Waals surface area contributed by atoms with Crippen molar-refractivity contribution in [2.45, 2.75) is 32.0 Å². The van der Waals surface area contributed by atoms with E-state index >= 15 is 4.39 Å². The molecule has 1 aliphatic carbocycles. The summed E-state index contributed by atoms with van der Waals surface area (Å²) in [7, 11) is 0. The van der Waals surface area contributed by atoms with Crippen molar-refractivity contribution in [2.75, 3.05) is 57.4 Å². The highest BCUT2D eigenvalue weighted by Crippen LogP contribution is 2.45. The fourth-order valence-electron chi connectivity index (χ4n) is 5.15. The third kappa shape index (κ3) is 7.52. The first-order valence-corrected chi connectivity index (χ1v) is 14.8. The molecule has 1 saturated carbocycles. The van der Waals surface area contributed by atoms with Crippen LogP contribution in [0.2, 0.25) is 10.0 Å². The molecule has 10 nitrogen and oxygen atoms in total. The number of ether oxygens (including phenoxy) is 3. The average Bonchev–Trinajstić information content (AvgIpc) is 3.82. The fourth-order valence-corrected chi connectivity index (χ4v) is 5.63. The summed E-state index contributed by atoms with van der Waals surface area (Å²) >= 11 is 12.1.